The first kappa shape index (κ1) is 17.2. The molecule has 0 amide bonds. The standard InChI is InChI=1S/C14H28N2O2.ClH/c1-17-10-11-18-9-8-16-6-4-14(5-7-16)15-12-13-2-3-13;/h13-15H,2-12H2,1H3;1H. The van der Waals surface area contributed by atoms with Gasteiger partial charge in [-0.2, -0.15) is 0 Å². The molecular weight excluding hydrogens is 264 g/mol. The van der Waals surface area contributed by atoms with Crippen LogP contribution in [0.25, 0.3) is 0 Å². The van der Waals surface area contributed by atoms with Crippen molar-refractivity contribution in [1.82, 2.24) is 10.2 Å². The molecule has 0 bridgehead atoms. The minimum absolute atomic E-state index is 0. The van der Waals surface area contributed by atoms with E-state index in [1.807, 2.05) is 0 Å². The molecule has 0 aromatic rings. The van der Waals surface area contributed by atoms with Crippen molar-refractivity contribution in [3.05, 3.63) is 0 Å². The van der Waals surface area contributed by atoms with E-state index in [0.717, 1.165) is 31.7 Å². The monoisotopic (exact) mass is 292 g/mol. The molecule has 1 saturated heterocycles. The van der Waals surface area contributed by atoms with E-state index in [1.165, 1.54) is 45.3 Å². The summed E-state index contributed by atoms with van der Waals surface area (Å²) in [6, 6.07) is 0.760. The fraction of sp³-hybridized carbons (Fsp3) is 1.00. The number of halogens is 1. The van der Waals surface area contributed by atoms with E-state index in [-0.39, 0.29) is 12.4 Å². The third kappa shape index (κ3) is 7.47. The van der Waals surface area contributed by atoms with Gasteiger partial charge in [0.15, 0.2) is 0 Å². The summed E-state index contributed by atoms with van der Waals surface area (Å²) >= 11 is 0. The summed E-state index contributed by atoms with van der Waals surface area (Å²) in [5.74, 6) is 0.997. The molecule has 0 aromatic heterocycles. The molecule has 1 aliphatic carbocycles. The molecule has 1 N–H and O–H groups in total. The van der Waals surface area contributed by atoms with E-state index in [0.29, 0.717) is 6.61 Å². The zero-order valence-corrected chi connectivity index (χ0v) is 12.9. The largest absolute Gasteiger partial charge is 0.382 e. The highest BCUT2D eigenvalue weighted by molar-refractivity contribution is 5.85. The van der Waals surface area contributed by atoms with Gasteiger partial charge in [-0.25, -0.2) is 0 Å². The lowest BCUT2D eigenvalue weighted by atomic mass is 10.1. The van der Waals surface area contributed by atoms with Gasteiger partial charge in [-0.1, -0.05) is 0 Å². The Hall–Kier alpha value is 0.130. The SMILES string of the molecule is COCCOCCN1CCC(NCC2CC2)CC1.Cl. The number of nitrogens with one attached hydrogen (secondary N) is 1. The van der Waals surface area contributed by atoms with Crippen LogP contribution in [0.15, 0.2) is 0 Å². The average molecular weight is 293 g/mol. The number of hydrogen-bond donors (Lipinski definition) is 1. The van der Waals surface area contributed by atoms with E-state index in [9.17, 15) is 0 Å². The predicted molar refractivity (Wildman–Crippen MR) is 80.1 cm³/mol. The zero-order valence-electron chi connectivity index (χ0n) is 12.1. The van der Waals surface area contributed by atoms with Crippen LogP contribution in [0.4, 0.5) is 0 Å². The first-order chi connectivity index (χ1) is 8.88. The molecule has 5 heteroatoms. The van der Waals surface area contributed by atoms with Crippen molar-refractivity contribution in [3.8, 4) is 0 Å². The number of methoxy groups -OCH3 is 1. The summed E-state index contributed by atoms with van der Waals surface area (Å²) < 4.78 is 10.5. The van der Waals surface area contributed by atoms with E-state index in [1.54, 1.807) is 7.11 Å². The summed E-state index contributed by atoms with van der Waals surface area (Å²) in [7, 11) is 1.71. The minimum atomic E-state index is 0. The number of rotatable bonds is 9. The second-order valence-corrected chi connectivity index (χ2v) is 5.57. The maximum Gasteiger partial charge on any atom is 0.0700 e. The van der Waals surface area contributed by atoms with Crippen molar-refractivity contribution in [1.29, 1.82) is 0 Å². The van der Waals surface area contributed by atoms with E-state index in [2.05, 4.69) is 10.2 Å². The number of piperidine rings is 1. The highest BCUT2D eigenvalue weighted by Gasteiger charge is 2.24. The molecule has 2 rings (SSSR count). The third-order valence-corrected chi connectivity index (χ3v) is 3.96. The van der Waals surface area contributed by atoms with Crippen molar-refractivity contribution >= 4 is 12.4 Å². The van der Waals surface area contributed by atoms with Gasteiger partial charge < -0.3 is 19.7 Å². The van der Waals surface area contributed by atoms with E-state index >= 15 is 0 Å². The van der Waals surface area contributed by atoms with Gasteiger partial charge in [-0.3, -0.25) is 0 Å². The quantitative estimate of drug-likeness (QED) is 0.654. The predicted octanol–water partition coefficient (Wildman–Crippen LogP) is 1.54. The molecule has 1 heterocycles. The lowest BCUT2D eigenvalue weighted by molar-refractivity contribution is 0.0524. The number of ether oxygens (including phenoxy) is 2. The summed E-state index contributed by atoms with van der Waals surface area (Å²) in [5, 5.41) is 3.71. The molecule has 4 nitrogen and oxygen atoms in total. The molecule has 2 aliphatic rings. The Morgan fingerprint density at radius 2 is 1.79 bits per heavy atom. The van der Waals surface area contributed by atoms with Gasteiger partial charge in [0.1, 0.15) is 0 Å². The van der Waals surface area contributed by atoms with Crippen molar-refractivity contribution < 1.29 is 9.47 Å². The van der Waals surface area contributed by atoms with Crippen LogP contribution in [0, 0.1) is 5.92 Å². The van der Waals surface area contributed by atoms with Crippen molar-refractivity contribution in [2.75, 3.05) is 53.1 Å². The van der Waals surface area contributed by atoms with Gasteiger partial charge in [-0.15, -0.1) is 12.4 Å². The summed E-state index contributed by atoms with van der Waals surface area (Å²) in [5.41, 5.74) is 0. The van der Waals surface area contributed by atoms with Crippen LogP contribution in [0.5, 0.6) is 0 Å². The Bertz CT molecular complexity index is 219. The lowest BCUT2D eigenvalue weighted by Crippen LogP contribution is -2.44. The molecule has 0 radical (unpaired) electrons. The number of likely N-dealkylation sites (tertiary alicyclic amines) is 1. The summed E-state index contributed by atoms with van der Waals surface area (Å²) in [6.07, 6.45) is 5.49. The Morgan fingerprint density at radius 3 is 2.42 bits per heavy atom. The fourth-order valence-electron chi connectivity index (χ4n) is 2.45. The van der Waals surface area contributed by atoms with Gasteiger partial charge in [0, 0.05) is 19.7 Å². The first-order valence-corrected chi connectivity index (χ1v) is 7.41. The molecule has 19 heavy (non-hydrogen) atoms. The lowest BCUT2D eigenvalue weighted by Gasteiger charge is -2.32. The Labute approximate surface area is 123 Å². The van der Waals surface area contributed by atoms with Gasteiger partial charge in [-0.05, 0) is 51.2 Å². The molecule has 0 atom stereocenters. The summed E-state index contributed by atoms with van der Waals surface area (Å²) in [6.45, 7) is 7.02. The molecule has 1 aliphatic heterocycles. The highest BCUT2D eigenvalue weighted by Crippen LogP contribution is 2.28. The Balaban J connectivity index is 0.00000180. The Kier molecular flexibility index (Phi) is 8.99. The molecular formula is C14H29ClN2O2. The average Bonchev–Trinajstić information content (AvgIpc) is 3.22. The van der Waals surface area contributed by atoms with Crippen LogP contribution in [0.3, 0.4) is 0 Å². The van der Waals surface area contributed by atoms with Crippen molar-refractivity contribution in [2.24, 2.45) is 5.92 Å². The van der Waals surface area contributed by atoms with Crippen LogP contribution in [-0.4, -0.2) is 64.1 Å². The molecule has 114 valence electrons. The van der Waals surface area contributed by atoms with Gasteiger partial charge in [0.2, 0.25) is 0 Å². The van der Waals surface area contributed by atoms with Gasteiger partial charge >= 0.3 is 0 Å². The smallest absolute Gasteiger partial charge is 0.0700 e. The topological polar surface area (TPSA) is 33.7 Å². The van der Waals surface area contributed by atoms with E-state index in [4.69, 9.17) is 9.47 Å². The van der Waals surface area contributed by atoms with Crippen molar-refractivity contribution in [3.63, 3.8) is 0 Å². The van der Waals surface area contributed by atoms with Crippen LogP contribution < -0.4 is 5.32 Å². The number of hydrogen-bond acceptors (Lipinski definition) is 4. The molecule has 0 spiro atoms. The molecule has 1 saturated carbocycles. The zero-order chi connectivity index (χ0) is 12.6. The Morgan fingerprint density at radius 1 is 1.05 bits per heavy atom. The van der Waals surface area contributed by atoms with Crippen LogP contribution in [0.1, 0.15) is 25.7 Å². The van der Waals surface area contributed by atoms with Crippen LogP contribution >= 0.6 is 12.4 Å². The summed E-state index contributed by atoms with van der Waals surface area (Å²) in [4.78, 5) is 2.52. The van der Waals surface area contributed by atoms with Crippen LogP contribution in [-0.2, 0) is 9.47 Å². The van der Waals surface area contributed by atoms with Gasteiger partial charge in [0.25, 0.3) is 0 Å². The second kappa shape index (κ2) is 9.94. The fourth-order valence-corrected chi connectivity index (χ4v) is 2.45. The molecule has 0 aromatic carbocycles. The van der Waals surface area contributed by atoms with Gasteiger partial charge in [0.05, 0.1) is 19.8 Å². The third-order valence-electron chi connectivity index (χ3n) is 3.96. The minimum Gasteiger partial charge on any atom is -0.382 e. The maximum atomic E-state index is 5.51. The molecule has 0 unspecified atom stereocenters. The second-order valence-electron chi connectivity index (χ2n) is 5.57. The maximum absolute atomic E-state index is 5.51. The highest BCUT2D eigenvalue weighted by atomic mass is 35.5. The van der Waals surface area contributed by atoms with Crippen LogP contribution in [0.2, 0.25) is 0 Å². The van der Waals surface area contributed by atoms with Crippen molar-refractivity contribution in [2.45, 2.75) is 31.7 Å². The normalized spacial score (nSPS) is 21.3. The molecule has 2 fully saturated rings. The number of nitrogens with zero attached hydrogens (tertiary/aromatic N) is 1. The van der Waals surface area contributed by atoms with E-state index < -0.39 is 0 Å². The first-order valence-electron chi connectivity index (χ1n) is 7.41.